The molecular weight excluding hydrogens is 364 g/mol. The first-order valence-electron chi connectivity index (χ1n) is 8.72. The van der Waals surface area contributed by atoms with Gasteiger partial charge in [-0.05, 0) is 66.6 Å². The fourth-order valence-corrected chi connectivity index (χ4v) is 3.78. The Morgan fingerprint density at radius 3 is 2.70 bits per heavy atom. The van der Waals surface area contributed by atoms with Crippen LogP contribution in [0.2, 0.25) is 5.02 Å². The molecule has 2 N–H and O–H groups in total. The first-order valence-corrected chi connectivity index (χ1v) is 9.10. The Labute approximate surface area is 161 Å². The number of benzene rings is 2. The first kappa shape index (κ1) is 17.5. The van der Waals surface area contributed by atoms with Gasteiger partial charge in [-0.2, -0.15) is 5.21 Å². The summed E-state index contributed by atoms with van der Waals surface area (Å²) >= 11 is 6.00. The van der Waals surface area contributed by atoms with Crippen molar-refractivity contribution in [3.05, 3.63) is 53.1 Å². The number of fused-ring (bicyclic) bond motifs is 1. The quantitative estimate of drug-likeness (QED) is 0.719. The lowest BCUT2D eigenvalue weighted by atomic mass is 9.90. The first-order chi connectivity index (χ1) is 13.0. The molecule has 1 aromatic heterocycles. The Morgan fingerprint density at radius 1 is 1.26 bits per heavy atom. The third kappa shape index (κ3) is 3.38. The van der Waals surface area contributed by atoms with Crippen molar-refractivity contribution in [2.45, 2.75) is 32.4 Å². The SMILES string of the molecule is CC(=O)N1c2ccc(-c3nn[nH]n3)cc2C(Nc2ccc(Cl)cc2)CC1C. The standard InChI is InChI=1S/C19H19ClN6O/c1-11-9-17(21-15-6-4-14(20)5-7-15)16-10-13(19-22-24-25-23-19)3-8-18(16)26(11)12(2)27/h3-8,10-11,17,21H,9H2,1-2H3,(H,22,23,24,25). The lowest BCUT2D eigenvalue weighted by Crippen LogP contribution is -2.43. The second-order valence-electron chi connectivity index (χ2n) is 6.69. The predicted molar refractivity (Wildman–Crippen MR) is 105 cm³/mol. The molecule has 2 aromatic carbocycles. The molecular formula is C19H19ClN6O. The van der Waals surface area contributed by atoms with Gasteiger partial charge in [-0.3, -0.25) is 4.79 Å². The van der Waals surface area contributed by atoms with Gasteiger partial charge in [0.1, 0.15) is 0 Å². The fourth-order valence-electron chi connectivity index (χ4n) is 3.65. The van der Waals surface area contributed by atoms with Crippen LogP contribution in [-0.4, -0.2) is 32.6 Å². The normalized spacial score (nSPS) is 18.9. The predicted octanol–water partition coefficient (Wildman–Crippen LogP) is 3.82. The van der Waals surface area contributed by atoms with Gasteiger partial charge in [0.05, 0.1) is 6.04 Å². The Hall–Kier alpha value is -2.93. The van der Waals surface area contributed by atoms with Gasteiger partial charge >= 0.3 is 0 Å². The smallest absolute Gasteiger partial charge is 0.224 e. The Kier molecular flexibility index (Phi) is 4.53. The van der Waals surface area contributed by atoms with Crippen molar-refractivity contribution in [3.63, 3.8) is 0 Å². The number of tetrazole rings is 1. The number of hydrogen-bond acceptors (Lipinski definition) is 5. The number of nitrogens with one attached hydrogen (secondary N) is 2. The van der Waals surface area contributed by atoms with Crippen LogP contribution in [0.3, 0.4) is 0 Å². The number of H-pyrrole nitrogens is 1. The van der Waals surface area contributed by atoms with Gasteiger partial charge in [0.2, 0.25) is 11.7 Å². The minimum atomic E-state index is 0.0287. The molecule has 1 aliphatic rings. The van der Waals surface area contributed by atoms with E-state index in [2.05, 4.69) is 32.9 Å². The van der Waals surface area contributed by atoms with Gasteiger partial charge in [-0.25, -0.2) is 0 Å². The molecule has 138 valence electrons. The number of hydrogen-bond donors (Lipinski definition) is 2. The summed E-state index contributed by atoms with van der Waals surface area (Å²) in [5, 5.41) is 18.5. The molecule has 7 nitrogen and oxygen atoms in total. The summed E-state index contributed by atoms with van der Waals surface area (Å²) in [5.41, 5.74) is 3.76. The highest BCUT2D eigenvalue weighted by Crippen LogP contribution is 2.40. The molecule has 4 rings (SSSR count). The van der Waals surface area contributed by atoms with E-state index in [4.69, 9.17) is 11.6 Å². The highest BCUT2D eigenvalue weighted by molar-refractivity contribution is 6.30. The summed E-state index contributed by atoms with van der Waals surface area (Å²) in [5.74, 6) is 0.553. The minimum absolute atomic E-state index is 0.0287. The minimum Gasteiger partial charge on any atom is -0.378 e. The van der Waals surface area contributed by atoms with E-state index in [0.29, 0.717) is 10.8 Å². The number of carbonyl (C=O) groups is 1. The van der Waals surface area contributed by atoms with Gasteiger partial charge < -0.3 is 10.2 Å². The zero-order chi connectivity index (χ0) is 19.0. The number of nitrogens with zero attached hydrogens (tertiary/aromatic N) is 4. The van der Waals surface area contributed by atoms with Crippen LogP contribution in [-0.2, 0) is 4.79 Å². The zero-order valence-electron chi connectivity index (χ0n) is 15.0. The van der Waals surface area contributed by atoms with Gasteiger partial charge in [-0.1, -0.05) is 11.6 Å². The zero-order valence-corrected chi connectivity index (χ0v) is 15.7. The molecule has 0 saturated heterocycles. The Balaban J connectivity index is 1.76. The van der Waals surface area contributed by atoms with E-state index >= 15 is 0 Å². The molecule has 1 aliphatic heterocycles. The van der Waals surface area contributed by atoms with Crippen LogP contribution in [0.5, 0.6) is 0 Å². The maximum Gasteiger partial charge on any atom is 0.224 e. The third-order valence-electron chi connectivity index (χ3n) is 4.81. The van der Waals surface area contributed by atoms with Gasteiger partial charge in [0.15, 0.2) is 0 Å². The molecule has 0 radical (unpaired) electrons. The maximum absolute atomic E-state index is 12.2. The van der Waals surface area contributed by atoms with Crippen LogP contribution in [0.25, 0.3) is 11.4 Å². The fraction of sp³-hybridized carbons (Fsp3) is 0.263. The molecule has 2 heterocycles. The molecule has 0 saturated carbocycles. The summed E-state index contributed by atoms with van der Waals surface area (Å²) < 4.78 is 0. The molecule has 27 heavy (non-hydrogen) atoms. The third-order valence-corrected chi connectivity index (χ3v) is 5.06. The monoisotopic (exact) mass is 382 g/mol. The lowest BCUT2D eigenvalue weighted by Gasteiger charge is -2.39. The Morgan fingerprint density at radius 2 is 2.04 bits per heavy atom. The summed E-state index contributed by atoms with van der Waals surface area (Å²) in [6, 6.07) is 13.6. The number of rotatable bonds is 3. The average molecular weight is 383 g/mol. The molecule has 3 aromatic rings. The van der Waals surface area contributed by atoms with Crippen LogP contribution >= 0.6 is 11.6 Å². The van der Waals surface area contributed by atoms with Gasteiger partial charge in [0.25, 0.3) is 0 Å². The second kappa shape index (κ2) is 7.00. The largest absolute Gasteiger partial charge is 0.378 e. The van der Waals surface area contributed by atoms with Crippen LogP contribution < -0.4 is 10.2 Å². The summed E-state index contributed by atoms with van der Waals surface area (Å²) in [6.45, 7) is 3.66. The summed E-state index contributed by atoms with van der Waals surface area (Å²) in [7, 11) is 0. The number of aromatic amines is 1. The van der Waals surface area contributed by atoms with Crippen LogP contribution in [0.4, 0.5) is 11.4 Å². The van der Waals surface area contributed by atoms with Crippen LogP contribution in [0.1, 0.15) is 31.9 Å². The van der Waals surface area contributed by atoms with Crippen LogP contribution in [0, 0.1) is 0 Å². The Bertz CT molecular complexity index is 957. The van der Waals surface area contributed by atoms with Crippen LogP contribution in [0.15, 0.2) is 42.5 Å². The second-order valence-corrected chi connectivity index (χ2v) is 7.12. The number of carbonyl (C=O) groups excluding carboxylic acids is 1. The van der Waals surface area contributed by atoms with E-state index in [0.717, 1.165) is 28.9 Å². The average Bonchev–Trinajstić information content (AvgIpc) is 3.18. The molecule has 8 heteroatoms. The number of anilines is 2. The van der Waals surface area contributed by atoms with Crippen molar-refractivity contribution in [3.8, 4) is 11.4 Å². The van der Waals surface area contributed by atoms with E-state index < -0.39 is 0 Å². The van der Waals surface area contributed by atoms with Crippen molar-refractivity contribution >= 4 is 28.9 Å². The van der Waals surface area contributed by atoms with E-state index in [-0.39, 0.29) is 18.0 Å². The van der Waals surface area contributed by atoms with Gasteiger partial charge in [-0.15, -0.1) is 10.2 Å². The molecule has 0 bridgehead atoms. The van der Waals surface area contributed by atoms with Gasteiger partial charge in [0, 0.05) is 34.9 Å². The van der Waals surface area contributed by atoms with Crippen molar-refractivity contribution in [2.75, 3.05) is 10.2 Å². The van der Waals surface area contributed by atoms with E-state index in [1.807, 2.05) is 47.4 Å². The number of halogens is 1. The number of amides is 1. The highest BCUT2D eigenvalue weighted by atomic mass is 35.5. The number of aromatic nitrogens is 4. The van der Waals surface area contributed by atoms with Crippen molar-refractivity contribution in [2.24, 2.45) is 0 Å². The molecule has 0 spiro atoms. The maximum atomic E-state index is 12.2. The summed E-state index contributed by atoms with van der Waals surface area (Å²) in [6.07, 6.45) is 0.783. The highest BCUT2D eigenvalue weighted by Gasteiger charge is 2.32. The molecule has 0 fully saturated rings. The van der Waals surface area contributed by atoms with Crippen molar-refractivity contribution < 1.29 is 4.79 Å². The molecule has 2 unspecified atom stereocenters. The molecule has 1 amide bonds. The molecule has 2 atom stereocenters. The van der Waals surface area contributed by atoms with E-state index in [1.165, 1.54) is 0 Å². The lowest BCUT2D eigenvalue weighted by molar-refractivity contribution is -0.117. The summed E-state index contributed by atoms with van der Waals surface area (Å²) in [4.78, 5) is 14.1. The van der Waals surface area contributed by atoms with Crippen molar-refractivity contribution in [1.29, 1.82) is 0 Å². The van der Waals surface area contributed by atoms with E-state index in [1.54, 1.807) is 6.92 Å². The van der Waals surface area contributed by atoms with Crippen molar-refractivity contribution in [1.82, 2.24) is 20.6 Å². The topological polar surface area (TPSA) is 86.8 Å². The van der Waals surface area contributed by atoms with E-state index in [9.17, 15) is 4.79 Å². The molecule has 0 aliphatic carbocycles.